The summed E-state index contributed by atoms with van der Waals surface area (Å²) in [6.07, 6.45) is 6.28. The molecule has 1 amide bonds. The zero-order valence-corrected chi connectivity index (χ0v) is 27.2. The highest BCUT2D eigenvalue weighted by atomic mass is 35.5. The van der Waals surface area contributed by atoms with Gasteiger partial charge in [0, 0.05) is 47.7 Å². The molecule has 2 fully saturated rings. The molecule has 234 valence electrons. The van der Waals surface area contributed by atoms with E-state index < -0.39 is 16.1 Å². The Labute approximate surface area is 278 Å². The lowest BCUT2D eigenvalue weighted by Crippen LogP contribution is -2.29. The van der Waals surface area contributed by atoms with E-state index in [-0.39, 0.29) is 6.54 Å². The number of nitrogens with one attached hydrogen (secondary N) is 1. The van der Waals surface area contributed by atoms with Crippen molar-refractivity contribution in [3.8, 4) is 28.1 Å². The van der Waals surface area contributed by atoms with Gasteiger partial charge in [0.25, 0.3) is 5.91 Å². The monoisotopic (exact) mass is 671 g/mol. The predicted octanol–water partition coefficient (Wildman–Crippen LogP) is 7.28. The van der Waals surface area contributed by atoms with Crippen LogP contribution in [0.3, 0.4) is 0 Å². The average Bonchev–Trinajstić information content (AvgIpc) is 3.60. The van der Waals surface area contributed by atoms with Gasteiger partial charge < -0.3 is 9.47 Å². The van der Waals surface area contributed by atoms with Crippen LogP contribution in [0.5, 0.6) is 0 Å². The molecule has 3 heterocycles. The number of carbonyl (C=O) groups excluding carboxylic acids is 1. The molecule has 46 heavy (non-hydrogen) atoms. The second-order valence-corrected chi connectivity index (χ2v) is 14.0. The predicted molar refractivity (Wildman–Crippen MR) is 184 cm³/mol. The highest BCUT2D eigenvalue weighted by Gasteiger charge is 2.34. The SMILES string of the molecule is O=C1CN(c2ccc(-n3cc(-c4ccc(Cl)cc4Cl)nc3Cc3ccc(-c4ccc(N5CCCCC5)cc4)cc3)cc2)S(=O)(=O)N1. The van der Waals surface area contributed by atoms with Gasteiger partial charge in [-0.25, -0.2) is 14.0 Å². The molecular formula is C35H31Cl2N5O3S. The number of anilines is 2. The molecule has 2 aliphatic rings. The van der Waals surface area contributed by atoms with Gasteiger partial charge in [0.15, 0.2) is 0 Å². The summed E-state index contributed by atoms with van der Waals surface area (Å²) in [5.74, 6) is 0.212. The molecule has 1 N–H and O–H groups in total. The molecule has 2 saturated heterocycles. The van der Waals surface area contributed by atoms with Crippen LogP contribution in [0, 0.1) is 0 Å². The van der Waals surface area contributed by atoms with E-state index in [0.717, 1.165) is 45.6 Å². The number of hydrogen-bond donors (Lipinski definition) is 1. The summed E-state index contributed by atoms with van der Waals surface area (Å²) in [6, 6.07) is 29.6. The van der Waals surface area contributed by atoms with E-state index in [4.69, 9.17) is 28.2 Å². The van der Waals surface area contributed by atoms with E-state index >= 15 is 0 Å². The van der Waals surface area contributed by atoms with Crippen LogP contribution in [0.4, 0.5) is 11.4 Å². The molecule has 0 radical (unpaired) electrons. The van der Waals surface area contributed by atoms with Crippen molar-refractivity contribution >= 4 is 50.7 Å². The van der Waals surface area contributed by atoms with Crippen LogP contribution in [0.2, 0.25) is 10.0 Å². The molecule has 0 bridgehead atoms. The van der Waals surface area contributed by atoms with Crippen LogP contribution in [-0.2, 0) is 21.4 Å². The van der Waals surface area contributed by atoms with Gasteiger partial charge in [-0.3, -0.25) is 4.79 Å². The Morgan fingerprint density at radius 1 is 0.761 bits per heavy atom. The van der Waals surface area contributed by atoms with Crippen molar-refractivity contribution in [1.82, 2.24) is 14.3 Å². The lowest BCUT2D eigenvalue weighted by molar-refractivity contribution is -0.117. The molecule has 8 nitrogen and oxygen atoms in total. The molecular weight excluding hydrogens is 641 g/mol. The number of piperidine rings is 1. The van der Waals surface area contributed by atoms with Gasteiger partial charge in [-0.2, -0.15) is 8.42 Å². The van der Waals surface area contributed by atoms with Crippen molar-refractivity contribution in [1.29, 1.82) is 0 Å². The maximum atomic E-state index is 12.4. The summed E-state index contributed by atoms with van der Waals surface area (Å²) in [4.78, 5) is 19.2. The highest BCUT2D eigenvalue weighted by Crippen LogP contribution is 2.32. The highest BCUT2D eigenvalue weighted by molar-refractivity contribution is 7.92. The van der Waals surface area contributed by atoms with Gasteiger partial charge in [-0.15, -0.1) is 0 Å². The molecule has 0 unspecified atom stereocenters. The minimum absolute atomic E-state index is 0.254. The number of carbonyl (C=O) groups is 1. The van der Waals surface area contributed by atoms with Gasteiger partial charge in [0.05, 0.1) is 16.4 Å². The topological polar surface area (TPSA) is 87.5 Å². The first-order valence-corrected chi connectivity index (χ1v) is 17.3. The van der Waals surface area contributed by atoms with Crippen LogP contribution in [0.15, 0.2) is 97.2 Å². The van der Waals surface area contributed by atoms with Crippen molar-refractivity contribution in [2.24, 2.45) is 0 Å². The smallest absolute Gasteiger partial charge is 0.326 e. The number of nitrogens with zero attached hydrogens (tertiary/aromatic N) is 4. The van der Waals surface area contributed by atoms with Gasteiger partial charge >= 0.3 is 10.2 Å². The van der Waals surface area contributed by atoms with Crippen LogP contribution < -0.4 is 13.9 Å². The number of halogens is 2. The first-order chi connectivity index (χ1) is 22.2. The lowest BCUT2D eigenvalue weighted by atomic mass is 10.0. The number of imidazole rings is 1. The van der Waals surface area contributed by atoms with Gasteiger partial charge in [0.1, 0.15) is 12.4 Å². The Balaban J connectivity index is 1.17. The lowest BCUT2D eigenvalue weighted by Gasteiger charge is -2.28. The maximum absolute atomic E-state index is 12.4. The number of hydrogen-bond acceptors (Lipinski definition) is 5. The molecule has 0 saturated carbocycles. The van der Waals surface area contributed by atoms with E-state index in [1.54, 1.807) is 24.3 Å². The number of amides is 1. The summed E-state index contributed by atoms with van der Waals surface area (Å²) in [6.45, 7) is 1.99. The van der Waals surface area contributed by atoms with Gasteiger partial charge in [-0.1, -0.05) is 59.6 Å². The molecule has 11 heteroatoms. The normalized spacial score (nSPS) is 16.1. The Morgan fingerprint density at radius 3 is 2.02 bits per heavy atom. The average molecular weight is 673 g/mol. The Morgan fingerprint density at radius 2 is 1.39 bits per heavy atom. The van der Waals surface area contributed by atoms with Crippen molar-refractivity contribution in [2.45, 2.75) is 25.7 Å². The van der Waals surface area contributed by atoms with Gasteiger partial charge in [0.2, 0.25) is 0 Å². The van der Waals surface area contributed by atoms with E-state index in [2.05, 4.69) is 53.4 Å². The third-order valence-electron chi connectivity index (χ3n) is 8.46. The van der Waals surface area contributed by atoms with Crippen LogP contribution in [-0.4, -0.2) is 43.5 Å². The molecule has 1 aromatic heterocycles. The van der Waals surface area contributed by atoms with Crippen molar-refractivity contribution < 1.29 is 13.2 Å². The van der Waals surface area contributed by atoms with Crippen molar-refractivity contribution in [3.05, 3.63) is 119 Å². The fourth-order valence-corrected chi connectivity index (χ4v) is 7.72. The zero-order chi connectivity index (χ0) is 31.8. The maximum Gasteiger partial charge on any atom is 0.326 e. The summed E-state index contributed by atoms with van der Waals surface area (Å²) in [5, 5.41) is 1.03. The number of aromatic nitrogens is 2. The zero-order valence-electron chi connectivity index (χ0n) is 24.9. The first kappa shape index (κ1) is 30.3. The van der Waals surface area contributed by atoms with E-state index in [1.165, 1.54) is 30.5 Å². The Bertz CT molecular complexity index is 2010. The molecule has 0 aliphatic carbocycles. The van der Waals surface area contributed by atoms with Crippen LogP contribution in [0.1, 0.15) is 30.7 Å². The summed E-state index contributed by atoms with van der Waals surface area (Å²) in [7, 11) is -3.90. The number of benzene rings is 4. The quantitative estimate of drug-likeness (QED) is 0.197. The van der Waals surface area contributed by atoms with Crippen LogP contribution >= 0.6 is 23.2 Å². The second kappa shape index (κ2) is 12.5. The molecule has 5 aromatic rings. The number of rotatable bonds is 7. The first-order valence-electron chi connectivity index (χ1n) is 15.2. The summed E-state index contributed by atoms with van der Waals surface area (Å²) >= 11 is 12.7. The van der Waals surface area contributed by atoms with E-state index in [9.17, 15) is 13.2 Å². The molecule has 7 rings (SSSR count). The third-order valence-corrected chi connectivity index (χ3v) is 10.4. The summed E-state index contributed by atoms with van der Waals surface area (Å²) < 4.78 is 29.7. The fourth-order valence-electron chi connectivity index (χ4n) is 6.06. The standard InChI is InChI=1S/C35H31Cl2N5O3S/c36-27-10-17-31(32(37)21-27)33-22-41(29-13-15-30(16-14-29)42-23-35(43)39-46(42,44)45)34(38-33)20-24-4-6-25(7-5-24)26-8-11-28(12-9-26)40-18-2-1-3-19-40/h4-17,21-22H,1-3,18-20,23H2,(H,39,43). The van der Waals surface area contributed by atoms with E-state index in [1.807, 2.05) is 33.7 Å². The Kier molecular flexibility index (Phi) is 8.23. The minimum Gasteiger partial charge on any atom is -0.372 e. The molecule has 0 spiro atoms. The minimum atomic E-state index is -3.90. The Hall–Kier alpha value is -4.31. The molecule has 4 aromatic carbocycles. The van der Waals surface area contributed by atoms with E-state index in [0.29, 0.717) is 27.8 Å². The van der Waals surface area contributed by atoms with Crippen molar-refractivity contribution in [3.63, 3.8) is 0 Å². The second-order valence-electron chi connectivity index (χ2n) is 11.6. The third kappa shape index (κ3) is 6.23. The summed E-state index contributed by atoms with van der Waals surface area (Å²) in [5.41, 5.74) is 7.29. The fraction of sp³-hybridized carbons (Fsp3) is 0.200. The van der Waals surface area contributed by atoms with Crippen molar-refractivity contribution in [2.75, 3.05) is 28.8 Å². The van der Waals surface area contributed by atoms with Crippen LogP contribution in [0.25, 0.3) is 28.1 Å². The molecule has 0 atom stereocenters. The molecule has 2 aliphatic heterocycles. The van der Waals surface area contributed by atoms with Gasteiger partial charge in [-0.05, 0) is 90.6 Å². The largest absolute Gasteiger partial charge is 0.372 e.